The Morgan fingerprint density at radius 1 is 1.12 bits per heavy atom. The zero-order chi connectivity index (χ0) is 12.6. The molecule has 0 aliphatic rings. The molecule has 0 unspecified atom stereocenters. The third kappa shape index (κ3) is 2.52. The van der Waals surface area contributed by atoms with Gasteiger partial charge in [0.15, 0.2) is 0 Å². The fourth-order valence-corrected chi connectivity index (χ4v) is 1.41. The molecule has 0 saturated heterocycles. The number of aliphatic hydroxyl groups excluding tert-OH is 1. The van der Waals surface area contributed by atoms with Crippen molar-refractivity contribution in [2.24, 2.45) is 0 Å². The summed E-state index contributed by atoms with van der Waals surface area (Å²) >= 11 is 0. The summed E-state index contributed by atoms with van der Waals surface area (Å²) in [5.41, 5.74) is -2.28. The van der Waals surface area contributed by atoms with E-state index in [4.69, 9.17) is 5.11 Å². The topological polar surface area (TPSA) is 20.2 Å². The molecule has 0 aliphatic carbocycles. The first-order chi connectivity index (χ1) is 7.18. The number of benzene rings is 1. The maximum absolute atomic E-state index is 13.0. The van der Waals surface area contributed by atoms with E-state index in [9.17, 15) is 17.6 Å². The summed E-state index contributed by atoms with van der Waals surface area (Å²) in [6, 6.07) is 2.28. The van der Waals surface area contributed by atoms with Crippen LogP contribution in [0.2, 0.25) is 0 Å². The lowest BCUT2D eigenvalue weighted by Crippen LogP contribution is -2.26. The number of halogens is 4. The molecule has 1 N–H and O–H groups in total. The van der Waals surface area contributed by atoms with Gasteiger partial charge in [0.1, 0.15) is 5.82 Å². The monoisotopic (exact) mass is 236 g/mol. The van der Waals surface area contributed by atoms with E-state index in [1.54, 1.807) is 0 Å². The Morgan fingerprint density at radius 3 is 2.12 bits per heavy atom. The number of alkyl halides is 3. The van der Waals surface area contributed by atoms with E-state index >= 15 is 0 Å². The molecule has 5 heteroatoms. The van der Waals surface area contributed by atoms with Gasteiger partial charge in [-0.2, -0.15) is 13.2 Å². The first-order valence-electron chi connectivity index (χ1n) is 4.66. The van der Waals surface area contributed by atoms with Crippen molar-refractivity contribution in [1.82, 2.24) is 0 Å². The molecule has 0 bridgehead atoms. The smallest absolute Gasteiger partial charge is 0.395 e. The van der Waals surface area contributed by atoms with Crippen molar-refractivity contribution < 1.29 is 22.7 Å². The van der Waals surface area contributed by atoms with Crippen molar-refractivity contribution in [3.8, 4) is 0 Å². The molecule has 1 aromatic rings. The van der Waals surface area contributed by atoms with E-state index < -0.39 is 29.6 Å². The molecule has 0 amide bonds. The average Bonchev–Trinajstić information content (AvgIpc) is 2.15. The summed E-state index contributed by atoms with van der Waals surface area (Å²) < 4.78 is 50.9. The fourth-order valence-electron chi connectivity index (χ4n) is 1.41. The molecule has 0 aromatic heterocycles. The van der Waals surface area contributed by atoms with E-state index in [0.717, 1.165) is 12.1 Å². The molecule has 0 spiro atoms. The molecule has 0 fully saturated rings. The SMILES string of the molecule is CC(C)(CO)c1cc(F)ccc1C(F)(F)F. The van der Waals surface area contributed by atoms with Crippen molar-refractivity contribution in [3.05, 3.63) is 35.1 Å². The molecule has 1 nitrogen and oxygen atoms in total. The van der Waals surface area contributed by atoms with Gasteiger partial charge in [0.25, 0.3) is 0 Å². The standard InChI is InChI=1S/C11H12F4O/c1-10(2,6-16)9-5-7(12)3-4-8(9)11(13,14)15/h3-5,16H,6H2,1-2H3. The van der Waals surface area contributed by atoms with E-state index in [-0.39, 0.29) is 5.56 Å². The Hall–Kier alpha value is -1.10. The maximum Gasteiger partial charge on any atom is 0.416 e. The van der Waals surface area contributed by atoms with Crippen molar-refractivity contribution in [2.45, 2.75) is 25.4 Å². The van der Waals surface area contributed by atoms with Crippen LogP contribution in [-0.2, 0) is 11.6 Å². The first kappa shape index (κ1) is 13.0. The Morgan fingerprint density at radius 2 is 1.69 bits per heavy atom. The zero-order valence-electron chi connectivity index (χ0n) is 8.90. The predicted octanol–water partition coefficient (Wildman–Crippen LogP) is 3.11. The third-order valence-corrected chi connectivity index (χ3v) is 2.41. The van der Waals surface area contributed by atoms with Crippen LogP contribution < -0.4 is 0 Å². The van der Waals surface area contributed by atoms with E-state index in [2.05, 4.69) is 0 Å². The van der Waals surface area contributed by atoms with E-state index in [0.29, 0.717) is 6.07 Å². The average molecular weight is 236 g/mol. The van der Waals surface area contributed by atoms with Gasteiger partial charge < -0.3 is 5.11 Å². The second kappa shape index (κ2) is 4.05. The molecule has 0 saturated carbocycles. The Labute approximate surface area is 90.7 Å². The molecule has 16 heavy (non-hydrogen) atoms. The van der Waals surface area contributed by atoms with E-state index in [1.807, 2.05) is 0 Å². The van der Waals surface area contributed by atoms with Crippen LogP contribution in [0, 0.1) is 5.82 Å². The Bertz CT molecular complexity index is 382. The van der Waals surface area contributed by atoms with Crippen LogP contribution in [0.1, 0.15) is 25.0 Å². The Balaban J connectivity index is 3.41. The minimum atomic E-state index is -4.55. The van der Waals surface area contributed by atoms with Crippen LogP contribution in [0.3, 0.4) is 0 Å². The van der Waals surface area contributed by atoms with E-state index in [1.165, 1.54) is 13.8 Å². The number of aliphatic hydroxyl groups is 1. The largest absolute Gasteiger partial charge is 0.416 e. The summed E-state index contributed by atoms with van der Waals surface area (Å²) in [5, 5.41) is 9.04. The first-order valence-corrected chi connectivity index (χ1v) is 4.66. The maximum atomic E-state index is 13.0. The lowest BCUT2D eigenvalue weighted by Gasteiger charge is -2.26. The molecule has 1 rings (SSSR count). The number of hydrogen-bond acceptors (Lipinski definition) is 1. The van der Waals surface area contributed by atoms with Crippen LogP contribution in [0.5, 0.6) is 0 Å². The number of rotatable bonds is 2. The number of hydrogen-bond donors (Lipinski definition) is 1. The molecular formula is C11H12F4O. The molecule has 0 atom stereocenters. The highest BCUT2D eigenvalue weighted by Gasteiger charge is 2.37. The highest BCUT2D eigenvalue weighted by Crippen LogP contribution is 2.37. The lowest BCUT2D eigenvalue weighted by atomic mass is 9.82. The minimum Gasteiger partial charge on any atom is -0.395 e. The van der Waals surface area contributed by atoms with Gasteiger partial charge in [0.05, 0.1) is 12.2 Å². The van der Waals surface area contributed by atoms with Crippen LogP contribution in [-0.4, -0.2) is 11.7 Å². The van der Waals surface area contributed by atoms with Crippen molar-refractivity contribution >= 4 is 0 Å². The van der Waals surface area contributed by atoms with Crippen molar-refractivity contribution in [1.29, 1.82) is 0 Å². The summed E-state index contributed by atoms with van der Waals surface area (Å²) in [5.74, 6) is -0.746. The van der Waals surface area contributed by atoms with Gasteiger partial charge in [-0.15, -0.1) is 0 Å². The summed E-state index contributed by atoms with van der Waals surface area (Å²) in [7, 11) is 0. The van der Waals surface area contributed by atoms with Gasteiger partial charge >= 0.3 is 6.18 Å². The van der Waals surface area contributed by atoms with Crippen molar-refractivity contribution in [2.75, 3.05) is 6.61 Å². The lowest BCUT2D eigenvalue weighted by molar-refractivity contribution is -0.138. The summed E-state index contributed by atoms with van der Waals surface area (Å²) in [4.78, 5) is 0. The third-order valence-electron chi connectivity index (χ3n) is 2.41. The molecular weight excluding hydrogens is 224 g/mol. The van der Waals surface area contributed by atoms with Gasteiger partial charge in [0.2, 0.25) is 0 Å². The fraction of sp³-hybridized carbons (Fsp3) is 0.455. The van der Waals surface area contributed by atoms with Crippen LogP contribution in [0.4, 0.5) is 17.6 Å². The van der Waals surface area contributed by atoms with Gasteiger partial charge in [-0.05, 0) is 23.8 Å². The Kier molecular flexibility index (Phi) is 3.28. The van der Waals surface area contributed by atoms with Crippen LogP contribution in [0.15, 0.2) is 18.2 Å². The zero-order valence-corrected chi connectivity index (χ0v) is 8.90. The van der Waals surface area contributed by atoms with Gasteiger partial charge in [-0.1, -0.05) is 13.8 Å². The minimum absolute atomic E-state index is 0.234. The van der Waals surface area contributed by atoms with Crippen molar-refractivity contribution in [3.63, 3.8) is 0 Å². The van der Waals surface area contributed by atoms with Gasteiger partial charge in [-0.3, -0.25) is 0 Å². The molecule has 90 valence electrons. The van der Waals surface area contributed by atoms with Crippen LogP contribution in [0.25, 0.3) is 0 Å². The van der Waals surface area contributed by atoms with Gasteiger partial charge in [-0.25, -0.2) is 4.39 Å². The van der Waals surface area contributed by atoms with Gasteiger partial charge in [0, 0.05) is 5.41 Å². The quantitative estimate of drug-likeness (QED) is 0.782. The molecule has 0 radical (unpaired) electrons. The summed E-state index contributed by atoms with van der Waals surface area (Å²) in [6.07, 6.45) is -4.55. The molecule has 0 heterocycles. The highest BCUT2D eigenvalue weighted by atomic mass is 19.4. The normalized spacial score (nSPS) is 12.9. The molecule has 0 aliphatic heterocycles. The second-order valence-electron chi connectivity index (χ2n) is 4.23. The molecule has 1 aromatic carbocycles. The second-order valence-corrected chi connectivity index (χ2v) is 4.23. The predicted molar refractivity (Wildman–Crippen MR) is 51.5 cm³/mol. The summed E-state index contributed by atoms with van der Waals surface area (Å²) in [6.45, 7) is 2.37. The highest BCUT2D eigenvalue weighted by molar-refractivity contribution is 5.36. The van der Waals surface area contributed by atoms with Crippen LogP contribution >= 0.6 is 0 Å².